The molecule has 2 nitrogen and oxygen atoms in total. The van der Waals surface area contributed by atoms with Crippen molar-refractivity contribution < 1.29 is 9.90 Å². The molecule has 0 rings (SSSR count). The van der Waals surface area contributed by atoms with E-state index in [1.807, 2.05) is 6.08 Å². The minimum Gasteiger partial charge on any atom is -0.481 e. The van der Waals surface area contributed by atoms with E-state index in [0.29, 0.717) is 0 Å². The molecule has 0 aromatic carbocycles. The highest BCUT2D eigenvalue weighted by Gasteiger charge is 2.12. The van der Waals surface area contributed by atoms with Crippen molar-refractivity contribution in [2.75, 3.05) is 0 Å². The lowest BCUT2D eigenvalue weighted by Crippen LogP contribution is -2.10. The van der Waals surface area contributed by atoms with Gasteiger partial charge in [-0.2, -0.15) is 0 Å². The zero-order chi connectivity index (χ0) is 23.5. The minimum absolute atomic E-state index is 0.277. The summed E-state index contributed by atoms with van der Waals surface area (Å²) >= 11 is 0. The Kier molecular flexibility index (Phi) is 25.8. The Hall–Kier alpha value is -0.790. The predicted octanol–water partition coefficient (Wildman–Crippen LogP) is 10.6. The molecule has 0 fully saturated rings. The summed E-state index contributed by atoms with van der Waals surface area (Å²) < 4.78 is 0. The Balaban J connectivity index is 3.50. The monoisotopic (exact) mass is 450 g/mol. The summed E-state index contributed by atoms with van der Waals surface area (Å²) in [6.07, 6.45) is 35.4. The van der Waals surface area contributed by atoms with Crippen molar-refractivity contribution in [1.29, 1.82) is 0 Å². The van der Waals surface area contributed by atoms with Crippen LogP contribution in [0.4, 0.5) is 0 Å². The fraction of sp³-hybridized carbons (Fsp3) is 0.900. The molecule has 0 saturated heterocycles. The number of carboxylic acids is 1. The topological polar surface area (TPSA) is 37.3 Å². The molecule has 1 N–H and O–H groups in total. The van der Waals surface area contributed by atoms with Crippen molar-refractivity contribution in [3.8, 4) is 0 Å². The largest absolute Gasteiger partial charge is 0.481 e. The van der Waals surface area contributed by atoms with Crippen LogP contribution in [-0.2, 0) is 4.79 Å². The molecule has 0 heterocycles. The quantitative estimate of drug-likeness (QED) is 0.105. The number of rotatable bonds is 26. The van der Waals surface area contributed by atoms with Gasteiger partial charge in [-0.25, -0.2) is 0 Å². The molecule has 0 spiro atoms. The highest BCUT2D eigenvalue weighted by atomic mass is 16.4. The lowest BCUT2D eigenvalue weighted by Gasteiger charge is -2.08. The molecule has 190 valence electrons. The van der Waals surface area contributed by atoms with E-state index < -0.39 is 5.97 Å². The van der Waals surface area contributed by atoms with Crippen molar-refractivity contribution in [3.05, 3.63) is 12.2 Å². The summed E-state index contributed by atoms with van der Waals surface area (Å²) in [5, 5.41) is 9.47. The summed E-state index contributed by atoms with van der Waals surface area (Å²) in [5.41, 5.74) is 0. The van der Waals surface area contributed by atoms with Gasteiger partial charge in [-0.05, 0) is 19.3 Å². The normalized spacial score (nSPS) is 12.6. The van der Waals surface area contributed by atoms with Crippen LogP contribution in [0.15, 0.2) is 12.2 Å². The molecular weight excluding hydrogens is 392 g/mol. The fourth-order valence-electron chi connectivity index (χ4n) is 4.52. The first kappa shape index (κ1) is 31.2. The van der Waals surface area contributed by atoms with Gasteiger partial charge in [0, 0.05) is 0 Å². The van der Waals surface area contributed by atoms with Gasteiger partial charge in [0.15, 0.2) is 0 Å². The van der Waals surface area contributed by atoms with Gasteiger partial charge in [-0.3, -0.25) is 4.79 Å². The smallest absolute Gasteiger partial charge is 0.310 e. The van der Waals surface area contributed by atoms with E-state index in [4.69, 9.17) is 0 Å². The van der Waals surface area contributed by atoms with Crippen molar-refractivity contribution in [3.63, 3.8) is 0 Å². The van der Waals surface area contributed by atoms with Crippen LogP contribution in [-0.4, -0.2) is 11.1 Å². The third-order valence-corrected chi connectivity index (χ3v) is 6.78. The molecule has 0 aliphatic heterocycles. The average Bonchev–Trinajstić information content (AvgIpc) is 2.78. The van der Waals surface area contributed by atoms with E-state index in [-0.39, 0.29) is 5.92 Å². The van der Waals surface area contributed by atoms with Crippen LogP contribution in [0.25, 0.3) is 0 Å². The van der Waals surface area contributed by atoms with E-state index in [1.165, 1.54) is 135 Å². The van der Waals surface area contributed by atoms with E-state index in [1.54, 1.807) is 0 Å². The van der Waals surface area contributed by atoms with Crippen molar-refractivity contribution in [2.24, 2.45) is 5.92 Å². The van der Waals surface area contributed by atoms with Gasteiger partial charge in [0.2, 0.25) is 0 Å². The second kappa shape index (κ2) is 26.5. The summed E-state index contributed by atoms with van der Waals surface area (Å²) in [4.78, 5) is 11.5. The fourth-order valence-corrected chi connectivity index (χ4v) is 4.52. The van der Waals surface area contributed by atoms with Crippen LogP contribution in [0.5, 0.6) is 0 Å². The van der Waals surface area contributed by atoms with Crippen LogP contribution in [0.1, 0.15) is 168 Å². The van der Waals surface area contributed by atoms with Crippen molar-refractivity contribution >= 4 is 5.97 Å². The third-order valence-electron chi connectivity index (χ3n) is 6.78. The average molecular weight is 451 g/mol. The minimum atomic E-state index is -0.646. The molecule has 0 bridgehead atoms. The number of hydrogen-bond acceptors (Lipinski definition) is 1. The Labute approximate surface area is 202 Å². The van der Waals surface area contributed by atoms with E-state index in [0.717, 1.165) is 19.3 Å². The van der Waals surface area contributed by atoms with Gasteiger partial charge < -0.3 is 5.11 Å². The van der Waals surface area contributed by atoms with Gasteiger partial charge in [0.25, 0.3) is 0 Å². The first-order valence-corrected chi connectivity index (χ1v) is 14.6. The van der Waals surface area contributed by atoms with Crippen LogP contribution in [0.3, 0.4) is 0 Å². The van der Waals surface area contributed by atoms with E-state index in [2.05, 4.69) is 19.9 Å². The van der Waals surface area contributed by atoms with Crippen molar-refractivity contribution in [1.82, 2.24) is 0 Å². The number of carboxylic acid groups (broad SMARTS) is 1. The Morgan fingerprint density at radius 1 is 0.562 bits per heavy atom. The third kappa shape index (κ3) is 23.9. The molecular formula is C30H58O2. The first-order valence-electron chi connectivity index (χ1n) is 14.6. The number of aliphatic carboxylic acids is 1. The molecule has 0 saturated carbocycles. The van der Waals surface area contributed by atoms with Crippen LogP contribution >= 0.6 is 0 Å². The Morgan fingerprint density at radius 2 is 0.906 bits per heavy atom. The van der Waals surface area contributed by atoms with Gasteiger partial charge in [-0.1, -0.05) is 161 Å². The SMILES string of the molecule is CCCCCCCCCCC=CC(CCCCCCCCCCCCCCCC)C(=O)O. The molecule has 0 aromatic rings. The molecule has 0 aromatic heterocycles. The first-order chi connectivity index (χ1) is 15.7. The highest BCUT2D eigenvalue weighted by molar-refractivity contribution is 5.72. The number of unbranched alkanes of at least 4 members (excludes halogenated alkanes) is 21. The second-order valence-electron chi connectivity index (χ2n) is 10.0. The van der Waals surface area contributed by atoms with Gasteiger partial charge in [-0.15, -0.1) is 0 Å². The number of carbonyl (C=O) groups is 1. The number of allylic oxidation sites excluding steroid dienone is 1. The van der Waals surface area contributed by atoms with Crippen LogP contribution in [0, 0.1) is 5.92 Å². The summed E-state index contributed by atoms with van der Waals surface area (Å²) in [7, 11) is 0. The molecule has 0 amide bonds. The predicted molar refractivity (Wildman–Crippen MR) is 142 cm³/mol. The Morgan fingerprint density at radius 3 is 1.28 bits per heavy atom. The standard InChI is InChI=1S/C30H58O2/c1-3-5-7-9-11-13-15-16-17-18-20-22-24-26-28-29(30(31)32)27-25-23-21-19-14-12-10-8-6-4-2/h25,27,29H,3-24,26,28H2,1-2H3,(H,31,32). The molecule has 0 aliphatic rings. The Bertz CT molecular complexity index is 402. The molecule has 0 radical (unpaired) electrons. The maximum absolute atomic E-state index is 11.5. The van der Waals surface area contributed by atoms with E-state index >= 15 is 0 Å². The van der Waals surface area contributed by atoms with Crippen molar-refractivity contribution in [2.45, 2.75) is 168 Å². The summed E-state index contributed by atoms with van der Waals surface area (Å²) in [5.74, 6) is -0.923. The van der Waals surface area contributed by atoms with Crippen LogP contribution < -0.4 is 0 Å². The second-order valence-corrected chi connectivity index (χ2v) is 10.0. The zero-order valence-electron chi connectivity index (χ0n) is 22.1. The molecule has 1 atom stereocenters. The van der Waals surface area contributed by atoms with Gasteiger partial charge in [0.1, 0.15) is 0 Å². The molecule has 32 heavy (non-hydrogen) atoms. The zero-order valence-corrected chi connectivity index (χ0v) is 22.1. The molecule has 0 aliphatic carbocycles. The van der Waals surface area contributed by atoms with Gasteiger partial charge >= 0.3 is 5.97 Å². The summed E-state index contributed by atoms with van der Waals surface area (Å²) in [6, 6.07) is 0. The van der Waals surface area contributed by atoms with E-state index in [9.17, 15) is 9.90 Å². The summed E-state index contributed by atoms with van der Waals surface area (Å²) in [6.45, 7) is 4.54. The van der Waals surface area contributed by atoms with Crippen LogP contribution in [0.2, 0.25) is 0 Å². The lowest BCUT2D eigenvalue weighted by atomic mass is 9.98. The maximum Gasteiger partial charge on any atom is 0.310 e. The maximum atomic E-state index is 11.5. The highest BCUT2D eigenvalue weighted by Crippen LogP contribution is 2.17. The molecule has 1 unspecified atom stereocenters. The lowest BCUT2D eigenvalue weighted by molar-refractivity contribution is -0.140. The number of hydrogen-bond donors (Lipinski definition) is 1. The molecule has 2 heteroatoms. The van der Waals surface area contributed by atoms with Gasteiger partial charge in [0.05, 0.1) is 5.92 Å².